The van der Waals surface area contributed by atoms with Gasteiger partial charge in [0.05, 0.1) is 0 Å². The minimum atomic E-state index is -3.57. The number of likely N-dealkylation sites (N-methyl/N-ethyl adjacent to an activating group) is 1. The van der Waals surface area contributed by atoms with Crippen LogP contribution in [0, 0.1) is 11.6 Å². The molecule has 1 N–H and O–H groups in total. The molecule has 0 spiro atoms. The Morgan fingerprint density at radius 3 is 2.22 bits per heavy atom. The van der Waals surface area contributed by atoms with Gasteiger partial charge in [0.2, 0.25) is 0 Å². The van der Waals surface area contributed by atoms with E-state index in [-0.39, 0.29) is 12.1 Å². The molecule has 1 aromatic rings. The van der Waals surface area contributed by atoms with Crippen molar-refractivity contribution >= 4 is 9.84 Å². The molecule has 1 aliphatic rings. The molecule has 1 aliphatic heterocycles. The number of benzene rings is 1. The maximum atomic E-state index is 13.1. The molecule has 0 amide bonds. The summed E-state index contributed by atoms with van der Waals surface area (Å²) < 4.78 is 49.4. The van der Waals surface area contributed by atoms with E-state index in [1.54, 1.807) is 0 Å². The van der Waals surface area contributed by atoms with Crippen LogP contribution in [0.4, 0.5) is 8.78 Å². The summed E-state index contributed by atoms with van der Waals surface area (Å²) in [6.45, 7) is 0.00757. The molecule has 0 radical (unpaired) electrons. The second-order valence-corrected chi connectivity index (χ2v) is 6.78. The molecule has 2 atom stereocenters. The second kappa shape index (κ2) is 3.97. The van der Waals surface area contributed by atoms with E-state index in [2.05, 4.69) is 0 Å². The summed E-state index contributed by atoms with van der Waals surface area (Å²) in [6, 6.07) is 2.58. The van der Waals surface area contributed by atoms with Crippen LogP contribution in [0.25, 0.3) is 0 Å². The summed E-state index contributed by atoms with van der Waals surface area (Å²) in [5.41, 5.74) is -1.83. The molecule has 2 rings (SSSR count). The van der Waals surface area contributed by atoms with Crippen LogP contribution in [-0.4, -0.2) is 43.6 Å². The Morgan fingerprint density at radius 2 is 1.83 bits per heavy atom. The quantitative estimate of drug-likeness (QED) is 0.853. The monoisotopic (exact) mass is 277 g/mol. The van der Waals surface area contributed by atoms with Crippen molar-refractivity contribution in [3.63, 3.8) is 0 Å². The van der Waals surface area contributed by atoms with Crippen molar-refractivity contribution in [3.05, 3.63) is 35.4 Å². The van der Waals surface area contributed by atoms with Crippen LogP contribution < -0.4 is 0 Å². The van der Waals surface area contributed by atoms with E-state index in [0.717, 1.165) is 18.4 Å². The van der Waals surface area contributed by atoms with E-state index in [0.29, 0.717) is 6.07 Å². The maximum Gasteiger partial charge on any atom is 0.166 e. The zero-order chi connectivity index (χ0) is 13.7. The van der Waals surface area contributed by atoms with Gasteiger partial charge in [-0.15, -0.1) is 0 Å². The largest absolute Gasteiger partial charge is 0.381 e. The molecule has 1 heterocycles. The molecule has 1 saturated heterocycles. The molecule has 0 aliphatic carbocycles. The Hall–Kier alpha value is -1.05. The highest BCUT2D eigenvalue weighted by Crippen LogP contribution is 2.40. The Bertz CT molecular complexity index is 570. The zero-order valence-corrected chi connectivity index (χ0v) is 10.7. The normalized spacial score (nSPS) is 29.1. The van der Waals surface area contributed by atoms with Gasteiger partial charge >= 0.3 is 0 Å². The van der Waals surface area contributed by atoms with Crippen molar-refractivity contribution in [2.45, 2.75) is 11.0 Å². The molecule has 100 valence electrons. The van der Waals surface area contributed by atoms with Gasteiger partial charge in [-0.05, 0) is 24.7 Å². The van der Waals surface area contributed by atoms with E-state index < -0.39 is 32.4 Å². The summed E-state index contributed by atoms with van der Waals surface area (Å²) in [4.78, 5) is 1.41. The number of rotatable bonds is 2. The SMILES string of the molecule is CN1CC(O)(c2cc(F)cc(F)c2)C1S(C)(=O)=O. The number of aliphatic hydroxyl groups is 1. The van der Waals surface area contributed by atoms with Crippen molar-refractivity contribution in [1.82, 2.24) is 4.90 Å². The highest BCUT2D eigenvalue weighted by atomic mass is 32.2. The van der Waals surface area contributed by atoms with Gasteiger partial charge in [0, 0.05) is 18.9 Å². The Labute approximate surface area is 104 Å². The first-order valence-corrected chi connectivity index (χ1v) is 7.18. The lowest BCUT2D eigenvalue weighted by Gasteiger charge is -2.51. The first kappa shape index (κ1) is 13.4. The highest BCUT2D eigenvalue weighted by Gasteiger charge is 2.56. The second-order valence-electron chi connectivity index (χ2n) is 4.68. The molecule has 0 aromatic heterocycles. The van der Waals surface area contributed by atoms with Gasteiger partial charge in [-0.1, -0.05) is 0 Å². The topological polar surface area (TPSA) is 57.6 Å². The number of hydrogen-bond donors (Lipinski definition) is 1. The minimum Gasteiger partial charge on any atom is -0.381 e. The average Bonchev–Trinajstić information content (AvgIpc) is 2.11. The zero-order valence-electron chi connectivity index (χ0n) is 9.89. The first-order valence-electron chi connectivity index (χ1n) is 5.22. The first-order chi connectivity index (χ1) is 8.14. The lowest BCUT2D eigenvalue weighted by molar-refractivity contribution is -0.113. The predicted octanol–water partition coefficient (Wildman–Crippen LogP) is 0.469. The minimum absolute atomic E-state index is 0.00757. The molecule has 1 fully saturated rings. The highest BCUT2D eigenvalue weighted by molar-refractivity contribution is 7.91. The maximum absolute atomic E-state index is 13.1. The summed E-state index contributed by atoms with van der Waals surface area (Å²) in [6.07, 6.45) is 0.980. The van der Waals surface area contributed by atoms with Crippen molar-refractivity contribution in [1.29, 1.82) is 0 Å². The number of hydrogen-bond acceptors (Lipinski definition) is 4. The number of nitrogens with zero attached hydrogens (tertiary/aromatic N) is 1. The van der Waals surface area contributed by atoms with E-state index in [1.807, 2.05) is 0 Å². The van der Waals surface area contributed by atoms with Gasteiger partial charge in [-0.3, -0.25) is 4.90 Å². The lowest BCUT2D eigenvalue weighted by Crippen LogP contribution is -2.68. The molecule has 4 nitrogen and oxygen atoms in total. The van der Waals surface area contributed by atoms with Gasteiger partial charge < -0.3 is 5.11 Å². The molecule has 1 aromatic carbocycles. The summed E-state index contributed by atoms with van der Waals surface area (Å²) in [5, 5.41) is 9.15. The summed E-state index contributed by atoms with van der Waals surface area (Å²) >= 11 is 0. The summed E-state index contributed by atoms with van der Waals surface area (Å²) in [5.74, 6) is -1.69. The average molecular weight is 277 g/mol. The van der Waals surface area contributed by atoms with Gasteiger partial charge in [0.25, 0.3) is 0 Å². The van der Waals surface area contributed by atoms with Crippen molar-refractivity contribution in [3.8, 4) is 0 Å². The smallest absolute Gasteiger partial charge is 0.166 e. The van der Waals surface area contributed by atoms with Crippen LogP contribution in [0.1, 0.15) is 5.56 Å². The number of β-amino-alcohol motifs (C(OH)–C–C–N with tert-alkyl or cyclic N) is 1. The third kappa shape index (κ3) is 2.02. The van der Waals surface area contributed by atoms with E-state index >= 15 is 0 Å². The predicted molar refractivity (Wildman–Crippen MR) is 61.5 cm³/mol. The van der Waals surface area contributed by atoms with Gasteiger partial charge in [-0.2, -0.15) is 0 Å². The molecular weight excluding hydrogens is 264 g/mol. The van der Waals surface area contributed by atoms with Crippen LogP contribution in [0.15, 0.2) is 18.2 Å². The fourth-order valence-electron chi connectivity index (χ4n) is 2.51. The Balaban J connectivity index is 2.49. The van der Waals surface area contributed by atoms with Crippen molar-refractivity contribution < 1.29 is 22.3 Å². The van der Waals surface area contributed by atoms with Crippen LogP contribution in [0.3, 0.4) is 0 Å². The molecule has 2 unspecified atom stereocenters. The number of sulfone groups is 1. The van der Waals surface area contributed by atoms with Gasteiger partial charge in [-0.25, -0.2) is 17.2 Å². The Kier molecular flexibility index (Phi) is 2.95. The van der Waals surface area contributed by atoms with Crippen molar-refractivity contribution in [2.75, 3.05) is 19.8 Å². The van der Waals surface area contributed by atoms with Crippen molar-refractivity contribution in [2.24, 2.45) is 0 Å². The molecule has 7 heteroatoms. The molecule has 0 saturated carbocycles. The Morgan fingerprint density at radius 1 is 1.33 bits per heavy atom. The number of halogens is 2. The standard InChI is InChI=1S/C11H13F2NO3S/c1-14-6-11(15,10(14)18(2,16)17)7-3-8(12)5-9(13)4-7/h3-5,10,15H,6H2,1-2H3. The third-order valence-corrected chi connectivity index (χ3v) is 4.63. The fourth-order valence-corrected chi connectivity index (χ4v) is 4.16. The van der Waals surface area contributed by atoms with Crippen LogP contribution in [0.5, 0.6) is 0 Å². The molecule has 18 heavy (non-hydrogen) atoms. The lowest BCUT2D eigenvalue weighted by atomic mass is 9.86. The number of likely N-dealkylation sites (tertiary alicyclic amines) is 1. The van der Waals surface area contributed by atoms with E-state index in [4.69, 9.17) is 0 Å². The molecule has 0 bridgehead atoms. The summed E-state index contributed by atoms with van der Waals surface area (Å²) in [7, 11) is -2.04. The fraction of sp³-hybridized carbons (Fsp3) is 0.455. The van der Waals surface area contributed by atoms with E-state index in [1.165, 1.54) is 11.9 Å². The van der Waals surface area contributed by atoms with Gasteiger partial charge in [0.15, 0.2) is 9.84 Å². The third-order valence-electron chi connectivity index (χ3n) is 3.07. The van der Waals surface area contributed by atoms with Crippen LogP contribution in [0.2, 0.25) is 0 Å². The van der Waals surface area contributed by atoms with Crippen LogP contribution >= 0.6 is 0 Å². The van der Waals surface area contributed by atoms with Crippen LogP contribution in [-0.2, 0) is 15.4 Å². The van der Waals surface area contributed by atoms with E-state index in [9.17, 15) is 22.3 Å². The molecular formula is C11H13F2NO3S. The van der Waals surface area contributed by atoms with Gasteiger partial charge in [0.1, 0.15) is 22.6 Å².